The summed E-state index contributed by atoms with van der Waals surface area (Å²) in [7, 11) is 6.05. The molecule has 0 saturated carbocycles. The van der Waals surface area contributed by atoms with Gasteiger partial charge in [-0.3, -0.25) is 4.68 Å². The molecule has 2 rings (SSSR count). The first-order chi connectivity index (χ1) is 8.54. The fraction of sp³-hybridized carbons (Fsp3) is 0.500. The molecule has 0 spiro atoms. The molecule has 0 radical (unpaired) electrons. The van der Waals surface area contributed by atoms with Crippen LogP contribution in [0.5, 0.6) is 0 Å². The van der Waals surface area contributed by atoms with Gasteiger partial charge in [0.2, 0.25) is 0 Å². The molecular weight excluding hydrogens is 294 g/mol. The number of aryl methyl sites for hydroxylation is 3. The molecule has 0 N–H and O–H groups in total. The Morgan fingerprint density at radius 3 is 2.67 bits per heavy atom. The molecule has 0 aliphatic heterocycles. The van der Waals surface area contributed by atoms with Crippen molar-refractivity contribution in [2.45, 2.75) is 18.8 Å². The van der Waals surface area contributed by atoms with Crippen molar-refractivity contribution >= 4 is 21.7 Å². The number of alkyl halides is 1. The van der Waals surface area contributed by atoms with Gasteiger partial charge in [0.25, 0.3) is 0 Å². The molecule has 6 heteroatoms. The highest BCUT2D eigenvalue weighted by molar-refractivity contribution is 9.08. The standard InChI is InChI=1S/C12H18BrN5/c1-9-10(7-13)12(18(4)15-9)17(3)8-11-14-5-6-16(11)2/h5-6H,7-8H2,1-4H3. The van der Waals surface area contributed by atoms with Gasteiger partial charge in [0.05, 0.1) is 12.2 Å². The lowest BCUT2D eigenvalue weighted by atomic mass is 10.2. The van der Waals surface area contributed by atoms with Crippen LogP contribution in [-0.4, -0.2) is 26.4 Å². The molecule has 2 heterocycles. The topological polar surface area (TPSA) is 38.9 Å². The Morgan fingerprint density at radius 1 is 1.39 bits per heavy atom. The zero-order valence-corrected chi connectivity index (χ0v) is 12.8. The predicted molar refractivity (Wildman–Crippen MR) is 75.9 cm³/mol. The summed E-state index contributed by atoms with van der Waals surface area (Å²) in [5.74, 6) is 2.17. The van der Waals surface area contributed by atoms with Gasteiger partial charge in [-0.1, -0.05) is 15.9 Å². The van der Waals surface area contributed by atoms with Crippen molar-refractivity contribution in [3.8, 4) is 0 Å². The molecule has 2 aromatic heterocycles. The van der Waals surface area contributed by atoms with Crippen molar-refractivity contribution in [2.24, 2.45) is 14.1 Å². The number of nitrogens with zero attached hydrogens (tertiary/aromatic N) is 5. The summed E-state index contributed by atoms with van der Waals surface area (Å²) in [6, 6.07) is 0. The Morgan fingerprint density at radius 2 is 2.11 bits per heavy atom. The summed E-state index contributed by atoms with van der Waals surface area (Å²) in [4.78, 5) is 6.53. The Bertz CT molecular complexity index is 543. The highest BCUT2D eigenvalue weighted by Crippen LogP contribution is 2.25. The summed E-state index contributed by atoms with van der Waals surface area (Å²) in [5, 5.41) is 5.28. The van der Waals surface area contributed by atoms with Crippen LogP contribution < -0.4 is 4.90 Å². The van der Waals surface area contributed by atoms with Crippen molar-refractivity contribution in [2.75, 3.05) is 11.9 Å². The molecule has 0 aliphatic rings. The smallest absolute Gasteiger partial charge is 0.131 e. The summed E-state index contributed by atoms with van der Waals surface area (Å²) >= 11 is 3.53. The number of anilines is 1. The monoisotopic (exact) mass is 311 g/mol. The van der Waals surface area contributed by atoms with E-state index in [1.54, 1.807) is 0 Å². The number of rotatable bonds is 4. The lowest BCUT2D eigenvalue weighted by Crippen LogP contribution is -2.22. The third-order valence-electron chi connectivity index (χ3n) is 3.11. The normalized spacial score (nSPS) is 10.9. The van der Waals surface area contributed by atoms with Crippen LogP contribution >= 0.6 is 15.9 Å². The van der Waals surface area contributed by atoms with E-state index in [9.17, 15) is 0 Å². The third-order valence-corrected chi connectivity index (χ3v) is 3.67. The van der Waals surface area contributed by atoms with Gasteiger partial charge in [0.15, 0.2) is 0 Å². The van der Waals surface area contributed by atoms with Gasteiger partial charge >= 0.3 is 0 Å². The minimum Gasteiger partial charge on any atom is -0.352 e. The lowest BCUT2D eigenvalue weighted by Gasteiger charge is -2.20. The summed E-state index contributed by atoms with van der Waals surface area (Å²) in [5.41, 5.74) is 2.30. The van der Waals surface area contributed by atoms with E-state index in [2.05, 4.69) is 38.0 Å². The van der Waals surface area contributed by atoms with Crippen molar-refractivity contribution in [1.82, 2.24) is 19.3 Å². The molecule has 5 nitrogen and oxygen atoms in total. The van der Waals surface area contributed by atoms with Crippen molar-refractivity contribution < 1.29 is 0 Å². The number of aromatic nitrogens is 4. The largest absolute Gasteiger partial charge is 0.352 e. The average Bonchev–Trinajstić information content (AvgIpc) is 2.82. The SMILES string of the molecule is Cc1nn(C)c(N(C)Cc2nccn2C)c1CBr. The van der Waals surface area contributed by atoms with Gasteiger partial charge in [-0.2, -0.15) is 5.10 Å². The van der Waals surface area contributed by atoms with E-state index in [4.69, 9.17) is 0 Å². The number of hydrogen-bond donors (Lipinski definition) is 0. The Balaban J connectivity index is 2.29. The van der Waals surface area contributed by atoms with Gasteiger partial charge in [-0.25, -0.2) is 4.98 Å². The van der Waals surface area contributed by atoms with E-state index in [1.807, 2.05) is 42.7 Å². The van der Waals surface area contributed by atoms with Crippen molar-refractivity contribution in [3.63, 3.8) is 0 Å². The van der Waals surface area contributed by atoms with E-state index in [1.165, 1.54) is 5.56 Å². The van der Waals surface area contributed by atoms with Crippen LogP contribution in [0.3, 0.4) is 0 Å². The highest BCUT2D eigenvalue weighted by atomic mass is 79.9. The quantitative estimate of drug-likeness (QED) is 0.811. The van der Waals surface area contributed by atoms with Crippen LogP contribution in [0.25, 0.3) is 0 Å². The van der Waals surface area contributed by atoms with Gasteiger partial charge in [0, 0.05) is 44.4 Å². The maximum absolute atomic E-state index is 4.47. The van der Waals surface area contributed by atoms with Gasteiger partial charge in [-0.05, 0) is 6.92 Å². The maximum atomic E-state index is 4.47. The van der Waals surface area contributed by atoms with Crippen molar-refractivity contribution in [1.29, 1.82) is 0 Å². The third kappa shape index (κ3) is 2.29. The van der Waals surface area contributed by atoms with Gasteiger partial charge in [-0.15, -0.1) is 0 Å². The molecule has 0 aliphatic carbocycles. The van der Waals surface area contributed by atoms with Crippen LogP contribution in [-0.2, 0) is 26.0 Å². The molecule has 98 valence electrons. The second-order valence-corrected chi connectivity index (χ2v) is 5.02. The van der Waals surface area contributed by atoms with Crippen LogP contribution in [0, 0.1) is 6.92 Å². The average molecular weight is 312 g/mol. The van der Waals surface area contributed by atoms with E-state index in [-0.39, 0.29) is 0 Å². The van der Waals surface area contributed by atoms with E-state index >= 15 is 0 Å². The molecule has 0 saturated heterocycles. The van der Waals surface area contributed by atoms with Gasteiger partial charge < -0.3 is 9.47 Å². The highest BCUT2D eigenvalue weighted by Gasteiger charge is 2.17. The minimum absolute atomic E-state index is 0.766. The number of imidazole rings is 1. The molecular formula is C12H18BrN5. The summed E-state index contributed by atoms with van der Waals surface area (Å²) < 4.78 is 3.96. The Hall–Kier alpha value is -1.30. The molecule has 0 fully saturated rings. The first-order valence-corrected chi connectivity index (χ1v) is 6.92. The lowest BCUT2D eigenvalue weighted by molar-refractivity contribution is 0.701. The summed E-state index contributed by atoms with van der Waals surface area (Å²) in [6.45, 7) is 2.80. The Kier molecular flexibility index (Phi) is 3.75. The zero-order valence-electron chi connectivity index (χ0n) is 11.2. The predicted octanol–water partition coefficient (Wildman–Crippen LogP) is 1.99. The molecule has 0 bridgehead atoms. The summed E-state index contributed by atoms with van der Waals surface area (Å²) in [6.07, 6.45) is 3.78. The van der Waals surface area contributed by atoms with Crippen LogP contribution in [0.15, 0.2) is 12.4 Å². The fourth-order valence-corrected chi connectivity index (χ4v) is 2.82. The fourth-order valence-electron chi connectivity index (χ4n) is 2.16. The molecule has 0 unspecified atom stereocenters. The van der Waals surface area contributed by atoms with Crippen molar-refractivity contribution in [3.05, 3.63) is 29.5 Å². The zero-order chi connectivity index (χ0) is 13.3. The molecule has 18 heavy (non-hydrogen) atoms. The number of halogens is 1. The second-order valence-electron chi connectivity index (χ2n) is 4.46. The van der Waals surface area contributed by atoms with Gasteiger partial charge in [0.1, 0.15) is 11.6 Å². The molecule has 0 amide bonds. The number of hydrogen-bond acceptors (Lipinski definition) is 3. The Labute approximate surface area is 116 Å². The molecule has 2 aromatic rings. The minimum atomic E-state index is 0.766. The van der Waals surface area contributed by atoms with E-state index in [0.29, 0.717) is 0 Å². The van der Waals surface area contributed by atoms with Crippen LogP contribution in [0.2, 0.25) is 0 Å². The van der Waals surface area contributed by atoms with Crippen LogP contribution in [0.1, 0.15) is 17.1 Å². The maximum Gasteiger partial charge on any atom is 0.131 e. The second kappa shape index (κ2) is 5.14. The van der Waals surface area contributed by atoms with Crippen LogP contribution in [0.4, 0.5) is 5.82 Å². The molecule has 0 aromatic carbocycles. The van der Waals surface area contributed by atoms with E-state index in [0.717, 1.165) is 29.2 Å². The first-order valence-electron chi connectivity index (χ1n) is 5.80. The first kappa shape index (κ1) is 13.1. The van der Waals surface area contributed by atoms with E-state index < -0.39 is 0 Å². The molecule has 0 atom stereocenters.